The Morgan fingerprint density at radius 3 is 2.67 bits per heavy atom. The number of carbonyl (C=O) groups excluding carboxylic acids is 1. The zero-order valence-corrected chi connectivity index (χ0v) is 25.3. The topological polar surface area (TPSA) is 153 Å². The van der Waals surface area contributed by atoms with Crippen molar-refractivity contribution in [2.24, 2.45) is 14.1 Å². The van der Waals surface area contributed by atoms with E-state index in [9.17, 15) is 18.0 Å². The number of benzene rings is 1. The molecule has 1 aliphatic heterocycles. The molecule has 42 heavy (non-hydrogen) atoms. The van der Waals surface area contributed by atoms with Crippen molar-refractivity contribution >= 4 is 50.1 Å². The first kappa shape index (κ1) is 29.5. The number of rotatable bonds is 7. The van der Waals surface area contributed by atoms with Crippen molar-refractivity contribution in [2.45, 2.75) is 26.0 Å². The fraction of sp³-hybridized carbons (Fsp3) is 0.370. The van der Waals surface area contributed by atoms with E-state index in [2.05, 4.69) is 15.4 Å². The number of amides is 1. The van der Waals surface area contributed by atoms with Gasteiger partial charge in [0.2, 0.25) is 16.0 Å². The minimum Gasteiger partial charge on any atom is -0.377 e. The normalized spacial score (nSPS) is 16.4. The summed E-state index contributed by atoms with van der Waals surface area (Å²) in [6.45, 7) is 5.23. The van der Waals surface area contributed by atoms with Gasteiger partial charge in [0.15, 0.2) is 5.69 Å². The number of nitrogens with zero attached hydrogens (tertiary/aromatic N) is 6. The van der Waals surface area contributed by atoms with Gasteiger partial charge in [0.1, 0.15) is 11.3 Å². The zero-order valence-electron chi connectivity index (χ0n) is 23.8. The van der Waals surface area contributed by atoms with Gasteiger partial charge in [0.25, 0.3) is 11.5 Å². The maximum Gasteiger partial charge on any atom is 0.285 e. The molecule has 2 atom stereocenters. The number of aromatic nitrogens is 5. The van der Waals surface area contributed by atoms with Crippen LogP contribution in [0.5, 0.6) is 0 Å². The highest BCUT2D eigenvalue weighted by Gasteiger charge is 2.27. The summed E-state index contributed by atoms with van der Waals surface area (Å²) in [4.78, 5) is 37.4. The SMILES string of the molecule is Cc1cc([C@@H](C)Nc2ccc(Cl)nc2C(=O)NS(C)(=O)=O)c2nc(N3CCO[C@H](c4cnn(C)c4)C3)n(C)c(=O)c2c1. The lowest BCUT2D eigenvalue weighted by molar-refractivity contribution is 0.0389. The zero-order chi connectivity index (χ0) is 30.3. The predicted molar refractivity (Wildman–Crippen MR) is 159 cm³/mol. The molecule has 2 N–H and O–H groups in total. The maximum absolute atomic E-state index is 13.6. The van der Waals surface area contributed by atoms with Crippen LogP contribution in [0.2, 0.25) is 5.15 Å². The van der Waals surface area contributed by atoms with E-state index in [1.807, 2.05) is 42.8 Å². The molecule has 0 spiro atoms. The molecular formula is C27H31ClN8O5S. The highest BCUT2D eigenvalue weighted by Crippen LogP contribution is 2.30. The van der Waals surface area contributed by atoms with Gasteiger partial charge in [0.05, 0.1) is 48.2 Å². The Kier molecular flexibility index (Phi) is 7.96. The molecular weight excluding hydrogens is 584 g/mol. The predicted octanol–water partition coefficient (Wildman–Crippen LogP) is 2.46. The molecule has 0 unspecified atom stereocenters. The fourth-order valence-electron chi connectivity index (χ4n) is 5.05. The molecule has 1 fully saturated rings. The number of pyridine rings is 1. The summed E-state index contributed by atoms with van der Waals surface area (Å²) < 4.78 is 34.6. The molecule has 222 valence electrons. The molecule has 0 radical (unpaired) electrons. The van der Waals surface area contributed by atoms with Crippen LogP contribution in [0.15, 0.2) is 41.5 Å². The third kappa shape index (κ3) is 6.10. The third-order valence-electron chi connectivity index (χ3n) is 6.97. The number of ether oxygens (including phenoxy) is 1. The number of nitrogens with one attached hydrogen (secondary N) is 2. The molecule has 13 nitrogen and oxygen atoms in total. The van der Waals surface area contributed by atoms with Gasteiger partial charge in [-0.3, -0.25) is 18.8 Å². The van der Waals surface area contributed by atoms with Gasteiger partial charge in [-0.15, -0.1) is 0 Å². The summed E-state index contributed by atoms with van der Waals surface area (Å²) >= 11 is 6.02. The Labute approximate surface area is 247 Å². The molecule has 0 aliphatic carbocycles. The Morgan fingerprint density at radius 1 is 1.21 bits per heavy atom. The molecule has 15 heteroatoms. The fourth-order valence-corrected chi connectivity index (χ4v) is 5.63. The molecule has 4 heterocycles. The van der Waals surface area contributed by atoms with Gasteiger partial charge in [-0.25, -0.2) is 23.1 Å². The van der Waals surface area contributed by atoms with E-state index in [1.165, 1.54) is 6.07 Å². The summed E-state index contributed by atoms with van der Waals surface area (Å²) in [5.41, 5.74) is 2.89. The lowest BCUT2D eigenvalue weighted by Crippen LogP contribution is -2.41. The molecule has 1 aromatic carbocycles. The minimum atomic E-state index is -3.84. The van der Waals surface area contributed by atoms with Crippen LogP contribution in [0.4, 0.5) is 11.6 Å². The van der Waals surface area contributed by atoms with Crippen LogP contribution in [-0.2, 0) is 28.9 Å². The van der Waals surface area contributed by atoms with Crippen LogP contribution < -0.4 is 20.5 Å². The molecule has 0 bridgehead atoms. The van der Waals surface area contributed by atoms with Crippen LogP contribution in [0.3, 0.4) is 0 Å². The Bertz CT molecular complexity index is 1860. The van der Waals surface area contributed by atoms with Gasteiger partial charge < -0.3 is 15.0 Å². The number of anilines is 2. The summed E-state index contributed by atoms with van der Waals surface area (Å²) in [6.07, 6.45) is 4.32. The van der Waals surface area contributed by atoms with Gasteiger partial charge >= 0.3 is 0 Å². The Morgan fingerprint density at radius 2 is 1.98 bits per heavy atom. The third-order valence-corrected chi connectivity index (χ3v) is 7.74. The number of hydrogen-bond acceptors (Lipinski definition) is 10. The lowest BCUT2D eigenvalue weighted by atomic mass is 10.0. The van der Waals surface area contributed by atoms with Gasteiger partial charge in [0, 0.05) is 38.0 Å². The van der Waals surface area contributed by atoms with Gasteiger partial charge in [-0.05, 0) is 37.6 Å². The van der Waals surface area contributed by atoms with Gasteiger partial charge in [-0.2, -0.15) is 5.10 Å². The highest BCUT2D eigenvalue weighted by atomic mass is 35.5. The monoisotopic (exact) mass is 614 g/mol. The van der Waals surface area contributed by atoms with Crippen LogP contribution >= 0.6 is 11.6 Å². The van der Waals surface area contributed by atoms with Crippen molar-refractivity contribution in [1.82, 2.24) is 29.0 Å². The summed E-state index contributed by atoms with van der Waals surface area (Å²) in [5, 5.41) is 7.96. The quantitative estimate of drug-likeness (QED) is 0.297. The standard InChI is InChI=1S/C27H31ClN8O5S/c1-15-10-18(16(2)30-20-6-7-22(28)31-24(20)25(37)33-42(5,39)40)23-19(11-15)26(38)35(4)27(32-23)36-8-9-41-21(14-36)17-12-29-34(3)13-17/h6-7,10-13,16,21,30H,8-9,14H2,1-5H3,(H,33,37)/t16-,21+/m1/s1. The number of sulfonamides is 1. The Balaban J connectivity index is 1.54. The van der Waals surface area contributed by atoms with E-state index in [0.29, 0.717) is 42.1 Å². The molecule has 0 saturated carbocycles. The van der Waals surface area contributed by atoms with Crippen LogP contribution in [0.1, 0.15) is 46.2 Å². The van der Waals surface area contributed by atoms with E-state index in [0.717, 1.165) is 17.4 Å². The van der Waals surface area contributed by atoms with Gasteiger partial charge in [-0.1, -0.05) is 17.7 Å². The van der Waals surface area contributed by atoms with E-state index >= 15 is 0 Å². The molecule has 3 aromatic heterocycles. The summed E-state index contributed by atoms with van der Waals surface area (Å²) in [6, 6.07) is 6.29. The number of morpholine rings is 1. The maximum atomic E-state index is 13.6. The lowest BCUT2D eigenvalue weighted by Gasteiger charge is -2.34. The average molecular weight is 615 g/mol. The molecule has 5 rings (SSSR count). The number of aryl methyl sites for hydroxylation is 2. The molecule has 1 aliphatic rings. The van der Waals surface area contributed by atoms with Crippen LogP contribution in [0, 0.1) is 6.92 Å². The number of fused-ring (bicyclic) bond motifs is 1. The smallest absolute Gasteiger partial charge is 0.285 e. The van der Waals surface area contributed by atoms with E-state index < -0.39 is 22.0 Å². The van der Waals surface area contributed by atoms with Crippen molar-refractivity contribution in [2.75, 3.05) is 36.2 Å². The average Bonchev–Trinajstić information content (AvgIpc) is 3.37. The van der Waals surface area contributed by atoms with Crippen molar-refractivity contribution < 1.29 is 17.9 Å². The number of carbonyl (C=O) groups is 1. The van der Waals surface area contributed by atoms with Crippen LogP contribution in [-0.4, -0.2) is 64.6 Å². The first-order valence-electron chi connectivity index (χ1n) is 13.1. The van der Waals surface area contributed by atoms with E-state index in [1.54, 1.807) is 34.6 Å². The molecule has 1 amide bonds. The minimum absolute atomic E-state index is 0.0257. The van der Waals surface area contributed by atoms with Crippen molar-refractivity contribution in [1.29, 1.82) is 0 Å². The summed E-state index contributed by atoms with van der Waals surface area (Å²) in [7, 11) is -0.288. The highest BCUT2D eigenvalue weighted by molar-refractivity contribution is 7.89. The first-order chi connectivity index (χ1) is 19.8. The number of halogens is 1. The summed E-state index contributed by atoms with van der Waals surface area (Å²) in [5.74, 6) is -0.419. The number of hydrogen-bond donors (Lipinski definition) is 2. The Hall–Kier alpha value is -4.01. The second-order valence-electron chi connectivity index (χ2n) is 10.4. The van der Waals surface area contributed by atoms with Crippen LogP contribution in [0.25, 0.3) is 10.9 Å². The second kappa shape index (κ2) is 11.3. The molecule has 4 aromatic rings. The second-order valence-corrected chi connectivity index (χ2v) is 12.5. The van der Waals surface area contributed by atoms with Crippen molar-refractivity contribution in [3.8, 4) is 0 Å². The van der Waals surface area contributed by atoms with E-state index in [-0.39, 0.29) is 28.2 Å². The van der Waals surface area contributed by atoms with Crippen molar-refractivity contribution in [3.63, 3.8) is 0 Å². The first-order valence-corrected chi connectivity index (χ1v) is 15.4. The van der Waals surface area contributed by atoms with E-state index in [4.69, 9.17) is 21.3 Å². The van der Waals surface area contributed by atoms with Crippen molar-refractivity contribution in [3.05, 3.63) is 74.6 Å². The molecule has 1 saturated heterocycles. The largest absolute Gasteiger partial charge is 0.377 e.